The topological polar surface area (TPSA) is 50.3 Å². The maximum atomic E-state index is 5.34. The van der Waals surface area contributed by atoms with Crippen molar-refractivity contribution in [1.29, 1.82) is 0 Å². The van der Waals surface area contributed by atoms with E-state index in [0.717, 1.165) is 25.7 Å². The van der Waals surface area contributed by atoms with Gasteiger partial charge in [-0.1, -0.05) is 6.92 Å². The minimum absolute atomic E-state index is 0.627. The number of ether oxygens (including phenoxy) is 1. The van der Waals surface area contributed by atoms with Gasteiger partial charge in [-0.2, -0.15) is 4.98 Å². The minimum atomic E-state index is 0.627. The number of anilines is 1. The van der Waals surface area contributed by atoms with Gasteiger partial charge >= 0.3 is 0 Å². The highest BCUT2D eigenvalue weighted by Crippen LogP contribution is 2.25. The van der Waals surface area contributed by atoms with Crippen LogP contribution in [0.25, 0.3) is 0 Å². The summed E-state index contributed by atoms with van der Waals surface area (Å²) >= 11 is 0. The van der Waals surface area contributed by atoms with Crippen molar-refractivity contribution >= 4 is 5.95 Å². The Hall–Kier alpha value is -1.36. The second-order valence-electron chi connectivity index (χ2n) is 4.44. The number of hydrogen-bond donors (Lipinski definition) is 1. The van der Waals surface area contributed by atoms with E-state index in [1.165, 1.54) is 12.8 Å². The molecule has 0 aromatic carbocycles. The second kappa shape index (κ2) is 6.54. The Labute approximate surface area is 109 Å². The molecule has 1 aromatic rings. The van der Waals surface area contributed by atoms with Crippen LogP contribution in [0.4, 0.5) is 5.95 Å². The normalized spacial score (nSPS) is 14.8. The van der Waals surface area contributed by atoms with Crippen molar-refractivity contribution in [2.24, 2.45) is 0 Å². The predicted molar refractivity (Wildman–Crippen MR) is 72.0 cm³/mol. The van der Waals surface area contributed by atoms with Crippen molar-refractivity contribution in [3.63, 3.8) is 0 Å². The third-order valence-corrected chi connectivity index (χ3v) is 3.07. The highest BCUT2D eigenvalue weighted by molar-refractivity contribution is 5.27. The standard InChI is InChI=1S/C13H22N4O/c1-3-17(11-5-6-11)10-9-15-13-14-8-7-12(16-13)18-4-2/h7-8,11H,3-6,9-10H2,1-2H3,(H,14,15,16). The van der Waals surface area contributed by atoms with Crippen LogP contribution in [0.1, 0.15) is 26.7 Å². The molecule has 0 saturated heterocycles. The van der Waals surface area contributed by atoms with E-state index in [-0.39, 0.29) is 0 Å². The molecule has 5 nitrogen and oxygen atoms in total. The number of likely N-dealkylation sites (N-methyl/N-ethyl adjacent to an activating group) is 1. The summed E-state index contributed by atoms with van der Waals surface area (Å²) in [5.74, 6) is 1.28. The van der Waals surface area contributed by atoms with Crippen LogP contribution in [0.15, 0.2) is 12.3 Å². The monoisotopic (exact) mass is 250 g/mol. The van der Waals surface area contributed by atoms with Gasteiger partial charge in [0, 0.05) is 31.4 Å². The Bertz CT molecular complexity index is 368. The molecule has 100 valence electrons. The van der Waals surface area contributed by atoms with E-state index in [4.69, 9.17) is 4.74 Å². The predicted octanol–water partition coefficient (Wildman–Crippen LogP) is 1.77. The van der Waals surface area contributed by atoms with E-state index in [2.05, 4.69) is 27.1 Å². The highest BCUT2D eigenvalue weighted by Gasteiger charge is 2.27. The number of nitrogens with one attached hydrogen (secondary N) is 1. The third-order valence-electron chi connectivity index (χ3n) is 3.07. The lowest BCUT2D eigenvalue weighted by atomic mass is 10.4. The fourth-order valence-electron chi connectivity index (χ4n) is 2.01. The lowest BCUT2D eigenvalue weighted by molar-refractivity contribution is 0.288. The number of nitrogens with zero attached hydrogens (tertiary/aromatic N) is 3. The molecule has 0 amide bonds. The van der Waals surface area contributed by atoms with Gasteiger partial charge in [-0.05, 0) is 26.3 Å². The van der Waals surface area contributed by atoms with Gasteiger partial charge in [0.05, 0.1) is 6.61 Å². The van der Waals surface area contributed by atoms with Crippen LogP contribution in [0.2, 0.25) is 0 Å². The Morgan fingerprint density at radius 3 is 2.94 bits per heavy atom. The molecule has 1 fully saturated rings. The summed E-state index contributed by atoms with van der Waals surface area (Å²) < 4.78 is 5.34. The van der Waals surface area contributed by atoms with E-state index >= 15 is 0 Å². The average molecular weight is 250 g/mol. The van der Waals surface area contributed by atoms with E-state index in [1.807, 2.05) is 6.92 Å². The summed E-state index contributed by atoms with van der Waals surface area (Å²) in [5.41, 5.74) is 0. The highest BCUT2D eigenvalue weighted by atomic mass is 16.5. The Morgan fingerprint density at radius 1 is 1.44 bits per heavy atom. The molecular weight excluding hydrogens is 228 g/mol. The van der Waals surface area contributed by atoms with Gasteiger partial charge in [-0.25, -0.2) is 4.98 Å². The molecule has 1 aliphatic rings. The SMILES string of the molecule is CCOc1ccnc(NCCN(CC)C2CC2)n1. The molecule has 0 bridgehead atoms. The lowest BCUT2D eigenvalue weighted by Crippen LogP contribution is -2.31. The van der Waals surface area contributed by atoms with Gasteiger partial charge in [-0.15, -0.1) is 0 Å². The molecule has 1 aliphatic carbocycles. The first kappa shape index (κ1) is 13.1. The molecular formula is C13H22N4O. The molecule has 2 rings (SSSR count). The maximum Gasteiger partial charge on any atom is 0.225 e. The lowest BCUT2D eigenvalue weighted by Gasteiger charge is -2.19. The average Bonchev–Trinajstić information content (AvgIpc) is 3.20. The van der Waals surface area contributed by atoms with Crippen LogP contribution < -0.4 is 10.1 Å². The zero-order valence-corrected chi connectivity index (χ0v) is 11.2. The number of rotatable bonds is 8. The smallest absolute Gasteiger partial charge is 0.225 e. The van der Waals surface area contributed by atoms with Gasteiger partial charge in [-0.3, -0.25) is 4.90 Å². The van der Waals surface area contributed by atoms with E-state index in [0.29, 0.717) is 18.4 Å². The van der Waals surface area contributed by atoms with Crippen LogP contribution in [-0.4, -0.2) is 47.2 Å². The first-order valence-electron chi connectivity index (χ1n) is 6.77. The van der Waals surface area contributed by atoms with Gasteiger partial charge in [0.15, 0.2) is 0 Å². The Balaban J connectivity index is 1.76. The van der Waals surface area contributed by atoms with Crippen molar-refractivity contribution in [3.8, 4) is 5.88 Å². The van der Waals surface area contributed by atoms with Gasteiger partial charge < -0.3 is 10.1 Å². The van der Waals surface area contributed by atoms with E-state index < -0.39 is 0 Å². The number of hydrogen-bond acceptors (Lipinski definition) is 5. The van der Waals surface area contributed by atoms with Crippen LogP contribution in [0.5, 0.6) is 5.88 Å². The van der Waals surface area contributed by atoms with Gasteiger partial charge in [0.1, 0.15) is 0 Å². The molecule has 0 atom stereocenters. The van der Waals surface area contributed by atoms with Crippen LogP contribution in [0.3, 0.4) is 0 Å². The molecule has 0 unspecified atom stereocenters. The molecule has 0 aliphatic heterocycles. The largest absolute Gasteiger partial charge is 0.478 e. The molecule has 1 N–H and O–H groups in total. The maximum absolute atomic E-state index is 5.34. The first-order chi connectivity index (χ1) is 8.83. The van der Waals surface area contributed by atoms with Crippen LogP contribution >= 0.6 is 0 Å². The van der Waals surface area contributed by atoms with Gasteiger partial charge in [0.25, 0.3) is 0 Å². The van der Waals surface area contributed by atoms with Crippen molar-refractivity contribution in [3.05, 3.63) is 12.3 Å². The summed E-state index contributed by atoms with van der Waals surface area (Å²) in [7, 11) is 0. The second-order valence-corrected chi connectivity index (χ2v) is 4.44. The van der Waals surface area contributed by atoms with Crippen LogP contribution in [0, 0.1) is 0 Å². The van der Waals surface area contributed by atoms with E-state index in [1.54, 1.807) is 12.3 Å². The third kappa shape index (κ3) is 3.84. The molecule has 0 spiro atoms. The molecule has 18 heavy (non-hydrogen) atoms. The number of aromatic nitrogens is 2. The molecule has 5 heteroatoms. The van der Waals surface area contributed by atoms with Crippen molar-refractivity contribution < 1.29 is 4.74 Å². The fourth-order valence-corrected chi connectivity index (χ4v) is 2.01. The Morgan fingerprint density at radius 2 is 2.28 bits per heavy atom. The van der Waals surface area contributed by atoms with Gasteiger partial charge in [0.2, 0.25) is 11.8 Å². The summed E-state index contributed by atoms with van der Waals surface area (Å²) in [6.45, 7) is 7.83. The first-order valence-corrected chi connectivity index (χ1v) is 6.77. The summed E-state index contributed by atoms with van der Waals surface area (Å²) in [5, 5.41) is 3.25. The minimum Gasteiger partial charge on any atom is -0.478 e. The van der Waals surface area contributed by atoms with Crippen molar-refractivity contribution in [2.45, 2.75) is 32.7 Å². The quantitative estimate of drug-likeness (QED) is 0.762. The van der Waals surface area contributed by atoms with Crippen LogP contribution in [-0.2, 0) is 0 Å². The zero-order chi connectivity index (χ0) is 12.8. The van der Waals surface area contributed by atoms with Crippen molar-refractivity contribution in [2.75, 3.05) is 31.6 Å². The molecule has 1 aromatic heterocycles. The summed E-state index contributed by atoms with van der Waals surface area (Å²) in [6.07, 6.45) is 4.42. The molecule has 1 heterocycles. The molecule has 0 radical (unpaired) electrons. The zero-order valence-electron chi connectivity index (χ0n) is 11.2. The van der Waals surface area contributed by atoms with E-state index in [9.17, 15) is 0 Å². The fraction of sp³-hybridized carbons (Fsp3) is 0.692. The summed E-state index contributed by atoms with van der Waals surface area (Å²) in [4.78, 5) is 11.0. The molecule has 1 saturated carbocycles. The van der Waals surface area contributed by atoms with Crippen molar-refractivity contribution in [1.82, 2.24) is 14.9 Å². The summed E-state index contributed by atoms with van der Waals surface area (Å²) in [6, 6.07) is 2.59. The Kier molecular flexibility index (Phi) is 4.75.